The lowest BCUT2D eigenvalue weighted by molar-refractivity contribution is -0.137. The fourth-order valence-corrected chi connectivity index (χ4v) is 1.74. The van der Waals surface area contributed by atoms with Crippen LogP contribution in [0.3, 0.4) is 0 Å². The summed E-state index contributed by atoms with van der Waals surface area (Å²) in [5.74, 6) is 0. The average Bonchev–Trinajstić information content (AvgIpc) is 2.44. The highest BCUT2D eigenvalue weighted by Crippen LogP contribution is 2.34. The number of aryl methyl sites for hydroxylation is 2. The Morgan fingerprint density at radius 3 is 2.47 bits per heavy atom. The number of alkyl halides is 3. The van der Waals surface area contributed by atoms with E-state index in [9.17, 15) is 13.2 Å². The monoisotopic (exact) mass is 213 g/mol. The second kappa shape index (κ2) is 3.02. The highest BCUT2D eigenvalue weighted by molar-refractivity contribution is 5.82. The first-order valence-corrected chi connectivity index (χ1v) is 4.52. The van der Waals surface area contributed by atoms with Crippen LogP contribution in [-0.2, 0) is 13.2 Å². The molecule has 80 valence electrons. The van der Waals surface area contributed by atoms with E-state index >= 15 is 0 Å². The van der Waals surface area contributed by atoms with Crippen molar-refractivity contribution in [2.75, 3.05) is 0 Å². The van der Waals surface area contributed by atoms with Gasteiger partial charge in [-0.05, 0) is 36.1 Å². The molecule has 0 aliphatic carbocycles. The first-order chi connectivity index (χ1) is 6.89. The number of benzene rings is 1. The Morgan fingerprint density at radius 1 is 1.20 bits per heavy atom. The molecule has 0 saturated carbocycles. The smallest absolute Gasteiger partial charge is 0.351 e. The molecule has 2 aromatic rings. The van der Waals surface area contributed by atoms with Gasteiger partial charge in [-0.2, -0.15) is 13.2 Å². The fourth-order valence-electron chi connectivity index (χ4n) is 1.74. The first-order valence-electron chi connectivity index (χ1n) is 4.52. The van der Waals surface area contributed by atoms with E-state index in [0.29, 0.717) is 5.52 Å². The van der Waals surface area contributed by atoms with Gasteiger partial charge in [-0.25, -0.2) is 0 Å². The summed E-state index contributed by atoms with van der Waals surface area (Å²) in [6.45, 7) is 1.48. The van der Waals surface area contributed by atoms with Crippen molar-refractivity contribution in [1.82, 2.24) is 4.57 Å². The molecular weight excluding hydrogens is 203 g/mol. The second-order valence-electron chi connectivity index (χ2n) is 3.65. The van der Waals surface area contributed by atoms with Crippen molar-refractivity contribution >= 4 is 10.9 Å². The molecule has 1 heterocycles. The summed E-state index contributed by atoms with van der Waals surface area (Å²) in [6.07, 6.45) is -2.52. The Labute approximate surface area is 85.1 Å². The SMILES string of the molecule is Cc1cc2ccn(C)c2cc1C(F)(F)F. The van der Waals surface area contributed by atoms with Gasteiger partial charge >= 0.3 is 6.18 Å². The summed E-state index contributed by atoms with van der Waals surface area (Å²) in [4.78, 5) is 0. The maximum Gasteiger partial charge on any atom is 0.416 e. The average molecular weight is 213 g/mol. The Balaban J connectivity index is 2.76. The van der Waals surface area contributed by atoms with Crippen LogP contribution in [0.4, 0.5) is 13.2 Å². The Bertz CT molecular complexity index is 508. The second-order valence-corrected chi connectivity index (χ2v) is 3.65. The maximum atomic E-state index is 12.6. The summed E-state index contributed by atoms with van der Waals surface area (Å²) >= 11 is 0. The van der Waals surface area contributed by atoms with Crippen LogP contribution in [0.25, 0.3) is 10.9 Å². The molecular formula is C11H10F3N. The Hall–Kier alpha value is -1.45. The molecule has 4 heteroatoms. The van der Waals surface area contributed by atoms with Crippen molar-refractivity contribution in [3.8, 4) is 0 Å². The summed E-state index contributed by atoms with van der Waals surface area (Å²) in [5.41, 5.74) is 0.311. The molecule has 1 nitrogen and oxygen atoms in total. The van der Waals surface area contributed by atoms with E-state index in [-0.39, 0.29) is 5.56 Å². The summed E-state index contributed by atoms with van der Waals surface area (Å²) in [6, 6.07) is 4.57. The predicted molar refractivity (Wildman–Crippen MR) is 52.7 cm³/mol. The maximum absolute atomic E-state index is 12.6. The minimum Gasteiger partial charge on any atom is -0.351 e. The minimum atomic E-state index is -4.28. The standard InChI is InChI=1S/C11H10F3N/c1-7-5-8-3-4-15(2)10(8)6-9(7)11(12,13)14/h3-6H,1-2H3. The van der Waals surface area contributed by atoms with E-state index in [1.165, 1.54) is 13.0 Å². The molecule has 0 fully saturated rings. The molecule has 0 spiro atoms. The highest BCUT2D eigenvalue weighted by atomic mass is 19.4. The van der Waals surface area contributed by atoms with Gasteiger partial charge in [0.2, 0.25) is 0 Å². The van der Waals surface area contributed by atoms with Gasteiger partial charge in [0.15, 0.2) is 0 Å². The van der Waals surface area contributed by atoms with Crippen molar-refractivity contribution in [2.24, 2.45) is 7.05 Å². The van der Waals surface area contributed by atoms with Gasteiger partial charge in [0.25, 0.3) is 0 Å². The number of aromatic nitrogens is 1. The lowest BCUT2D eigenvalue weighted by Gasteiger charge is -2.10. The lowest BCUT2D eigenvalue weighted by atomic mass is 10.1. The largest absolute Gasteiger partial charge is 0.416 e. The summed E-state index contributed by atoms with van der Waals surface area (Å²) in [7, 11) is 1.73. The first kappa shape index (κ1) is 10.1. The third-order valence-corrected chi connectivity index (χ3v) is 2.54. The van der Waals surface area contributed by atoms with Crippen LogP contribution in [0.15, 0.2) is 24.4 Å². The third kappa shape index (κ3) is 1.60. The Kier molecular flexibility index (Phi) is 2.03. The van der Waals surface area contributed by atoms with E-state index < -0.39 is 11.7 Å². The van der Waals surface area contributed by atoms with Crippen LogP contribution in [-0.4, -0.2) is 4.57 Å². The Morgan fingerprint density at radius 2 is 1.87 bits per heavy atom. The number of fused-ring (bicyclic) bond motifs is 1. The van der Waals surface area contributed by atoms with Crippen LogP contribution in [0, 0.1) is 6.92 Å². The molecule has 0 saturated heterocycles. The van der Waals surface area contributed by atoms with Crippen molar-refractivity contribution in [2.45, 2.75) is 13.1 Å². The molecule has 0 amide bonds. The zero-order valence-corrected chi connectivity index (χ0v) is 8.39. The number of hydrogen-bond acceptors (Lipinski definition) is 0. The number of hydrogen-bond donors (Lipinski definition) is 0. The van der Waals surface area contributed by atoms with Gasteiger partial charge in [0, 0.05) is 18.8 Å². The van der Waals surface area contributed by atoms with Crippen LogP contribution < -0.4 is 0 Å². The van der Waals surface area contributed by atoms with Crippen molar-refractivity contribution in [3.63, 3.8) is 0 Å². The van der Waals surface area contributed by atoms with Crippen molar-refractivity contribution in [3.05, 3.63) is 35.5 Å². The molecule has 0 bridgehead atoms. The highest BCUT2D eigenvalue weighted by Gasteiger charge is 2.32. The van der Waals surface area contributed by atoms with Gasteiger partial charge < -0.3 is 4.57 Å². The van der Waals surface area contributed by atoms with E-state index in [1.54, 1.807) is 23.9 Å². The van der Waals surface area contributed by atoms with Gasteiger partial charge in [-0.15, -0.1) is 0 Å². The zero-order chi connectivity index (χ0) is 11.2. The lowest BCUT2D eigenvalue weighted by Crippen LogP contribution is -2.07. The number of halogens is 3. The molecule has 0 aliphatic rings. The number of nitrogens with zero attached hydrogens (tertiary/aromatic N) is 1. The van der Waals surface area contributed by atoms with Gasteiger partial charge in [0.1, 0.15) is 0 Å². The molecule has 0 N–H and O–H groups in total. The third-order valence-electron chi connectivity index (χ3n) is 2.54. The molecule has 2 rings (SSSR count). The van der Waals surface area contributed by atoms with E-state index in [2.05, 4.69) is 0 Å². The van der Waals surface area contributed by atoms with Gasteiger partial charge in [-0.1, -0.05) is 0 Å². The molecule has 15 heavy (non-hydrogen) atoms. The van der Waals surface area contributed by atoms with E-state index in [4.69, 9.17) is 0 Å². The van der Waals surface area contributed by atoms with E-state index in [1.807, 2.05) is 6.07 Å². The van der Waals surface area contributed by atoms with Gasteiger partial charge in [0.05, 0.1) is 5.56 Å². The molecule has 0 aliphatic heterocycles. The zero-order valence-electron chi connectivity index (χ0n) is 8.39. The van der Waals surface area contributed by atoms with E-state index in [0.717, 1.165) is 5.39 Å². The van der Waals surface area contributed by atoms with Crippen LogP contribution in [0.1, 0.15) is 11.1 Å². The minimum absolute atomic E-state index is 0.265. The van der Waals surface area contributed by atoms with Crippen LogP contribution >= 0.6 is 0 Å². The van der Waals surface area contributed by atoms with Crippen LogP contribution in [0.5, 0.6) is 0 Å². The summed E-state index contributed by atoms with van der Waals surface area (Å²) < 4.78 is 39.5. The molecule has 1 aromatic heterocycles. The molecule has 0 atom stereocenters. The molecule has 0 radical (unpaired) electrons. The van der Waals surface area contributed by atoms with Crippen LogP contribution in [0.2, 0.25) is 0 Å². The van der Waals surface area contributed by atoms with Crippen molar-refractivity contribution < 1.29 is 13.2 Å². The summed E-state index contributed by atoms with van der Waals surface area (Å²) in [5, 5.41) is 0.836. The van der Waals surface area contributed by atoms with Crippen molar-refractivity contribution in [1.29, 1.82) is 0 Å². The fraction of sp³-hybridized carbons (Fsp3) is 0.273. The van der Waals surface area contributed by atoms with Gasteiger partial charge in [-0.3, -0.25) is 0 Å². The quantitative estimate of drug-likeness (QED) is 0.631. The number of rotatable bonds is 0. The molecule has 0 unspecified atom stereocenters. The topological polar surface area (TPSA) is 4.93 Å². The molecule has 1 aromatic carbocycles. The predicted octanol–water partition coefficient (Wildman–Crippen LogP) is 3.51. The normalized spacial score (nSPS) is 12.3.